The molecular weight excluding hydrogens is 678 g/mol. The molecule has 1 saturated carbocycles. The van der Waals surface area contributed by atoms with E-state index < -0.39 is 27.8 Å². The summed E-state index contributed by atoms with van der Waals surface area (Å²) >= 11 is 6.42. The number of aryl methyl sites for hydroxylation is 2. The van der Waals surface area contributed by atoms with E-state index in [1.165, 1.54) is 29.1 Å². The fourth-order valence-electron chi connectivity index (χ4n) is 7.92. The van der Waals surface area contributed by atoms with Crippen LogP contribution in [0.1, 0.15) is 70.9 Å². The fourth-order valence-corrected chi connectivity index (χ4v) is 9.98. The molecule has 50 heavy (non-hydrogen) atoms. The van der Waals surface area contributed by atoms with Gasteiger partial charge in [0.15, 0.2) is 0 Å². The topological polar surface area (TPSA) is 135 Å². The van der Waals surface area contributed by atoms with Gasteiger partial charge < -0.3 is 19.5 Å². The van der Waals surface area contributed by atoms with E-state index >= 15 is 0 Å². The summed E-state index contributed by atoms with van der Waals surface area (Å²) in [4.78, 5) is 29.6. The third kappa shape index (κ3) is 6.71. The normalized spacial score (nSPS) is 29.1. The Kier molecular flexibility index (Phi) is 9.35. The molecule has 2 amide bonds. The average molecular weight is 720 g/mol. The zero-order valence-electron chi connectivity index (χ0n) is 28.5. The third-order valence-electron chi connectivity index (χ3n) is 10.5. The summed E-state index contributed by atoms with van der Waals surface area (Å²) < 4.78 is 34.4. The Hall–Kier alpha value is -4.05. The van der Waals surface area contributed by atoms with Crippen molar-refractivity contribution in [2.24, 2.45) is 29.2 Å². The summed E-state index contributed by atoms with van der Waals surface area (Å²) in [5.41, 5.74) is 3.18. The predicted octanol–water partition coefficient (Wildman–Crippen LogP) is 4.94. The lowest BCUT2D eigenvalue weighted by molar-refractivity contribution is 0.0515. The monoisotopic (exact) mass is 719 g/mol. The van der Waals surface area contributed by atoms with Gasteiger partial charge in [-0.2, -0.15) is 0 Å². The van der Waals surface area contributed by atoms with Crippen LogP contribution in [-0.4, -0.2) is 69.6 Å². The predicted molar refractivity (Wildman–Crippen MR) is 191 cm³/mol. The van der Waals surface area contributed by atoms with Gasteiger partial charge >= 0.3 is 0 Å². The van der Waals surface area contributed by atoms with Crippen molar-refractivity contribution in [2.45, 2.75) is 57.0 Å². The number of fused-ring (bicyclic) bond motifs is 4. The number of rotatable bonds is 3. The van der Waals surface area contributed by atoms with Crippen molar-refractivity contribution in [2.75, 3.05) is 37.5 Å². The van der Waals surface area contributed by atoms with E-state index in [0.29, 0.717) is 36.9 Å². The number of ether oxygens (including phenoxy) is 2. The summed E-state index contributed by atoms with van der Waals surface area (Å²) in [6, 6.07) is 11.3. The first-order valence-electron chi connectivity index (χ1n) is 17.1. The van der Waals surface area contributed by atoms with Crippen molar-refractivity contribution >= 4 is 39.0 Å². The van der Waals surface area contributed by atoms with Crippen LogP contribution in [0.15, 0.2) is 47.0 Å². The van der Waals surface area contributed by atoms with Crippen LogP contribution < -0.4 is 19.1 Å². The number of halogens is 1. The third-order valence-corrected chi connectivity index (χ3v) is 12.8. The minimum Gasteiger partial charge on any atom is -0.490 e. The summed E-state index contributed by atoms with van der Waals surface area (Å²) in [6.07, 6.45) is 5.65. The molecular formula is C37H42ClN5O6S. The number of methoxy groups -OCH3 is 1. The molecule has 2 bridgehead atoms. The van der Waals surface area contributed by atoms with Crippen molar-refractivity contribution in [3.8, 4) is 23.5 Å². The highest BCUT2D eigenvalue weighted by Gasteiger charge is 2.44. The average Bonchev–Trinajstić information content (AvgIpc) is 3.37. The Morgan fingerprint density at radius 1 is 1.24 bits per heavy atom. The molecule has 0 unspecified atom stereocenters. The molecule has 0 radical (unpaired) electrons. The maximum Gasteiger partial charge on any atom is 0.286 e. The van der Waals surface area contributed by atoms with Gasteiger partial charge in [-0.1, -0.05) is 30.5 Å². The van der Waals surface area contributed by atoms with Crippen LogP contribution >= 0.6 is 11.6 Å². The van der Waals surface area contributed by atoms with E-state index in [9.17, 15) is 18.9 Å². The Morgan fingerprint density at radius 2 is 2.08 bits per heavy atom. The number of carbonyl (C=O) groups is 2. The highest BCUT2D eigenvalue weighted by Crippen LogP contribution is 2.46. The molecule has 6 atom stereocenters. The number of hydrogen-bond acceptors (Lipinski definition) is 8. The maximum atomic E-state index is 14.5. The largest absolute Gasteiger partial charge is 0.490 e. The number of nitrogens with zero attached hydrogens (tertiary/aromatic N) is 4. The van der Waals surface area contributed by atoms with Gasteiger partial charge in [-0.3, -0.25) is 19.0 Å². The number of amides is 2. The Morgan fingerprint density at radius 3 is 2.86 bits per heavy atom. The number of hydrogen-bond donors (Lipinski definition) is 2. The van der Waals surface area contributed by atoms with Crippen LogP contribution in [0.4, 0.5) is 5.69 Å². The van der Waals surface area contributed by atoms with Crippen molar-refractivity contribution < 1.29 is 28.4 Å². The first-order chi connectivity index (χ1) is 24.0. The highest BCUT2D eigenvalue weighted by atomic mass is 35.5. The zero-order chi connectivity index (χ0) is 35.2. The smallest absolute Gasteiger partial charge is 0.286 e. The van der Waals surface area contributed by atoms with Crippen molar-refractivity contribution in [3.63, 3.8) is 0 Å². The molecule has 13 heteroatoms. The molecule has 1 spiro atoms. The zero-order valence-corrected chi connectivity index (χ0v) is 30.1. The van der Waals surface area contributed by atoms with E-state index in [1.54, 1.807) is 25.2 Å². The molecule has 1 aromatic heterocycles. The van der Waals surface area contributed by atoms with Gasteiger partial charge in [-0.25, -0.2) is 4.21 Å². The second-order valence-corrected chi connectivity index (χ2v) is 16.7. The minimum atomic E-state index is -3.65. The number of nitrogens with one attached hydrogen (secondary N) is 1. The second-order valence-electron chi connectivity index (χ2n) is 14.2. The van der Waals surface area contributed by atoms with Gasteiger partial charge in [-0.05, 0) is 85.4 Å². The SMILES string of the molecule is COc1nn(C)cc1C(=O)N[S@@]1(=O)=NC(=O)c2ccc3c(c2)N(C[C@@H]2CC[C@H]2[C@H](O)C#CC[C@H](C)C1)C[C@@]1(CCCc2cc(Cl)ccc21)CO3. The molecule has 7 rings (SSSR count). The van der Waals surface area contributed by atoms with Crippen LogP contribution in [-0.2, 0) is 28.8 Å². The quantitative estimate of drug-likeness (QED) is 0.364. The molecule has 0 saturated heterocycles. The number of benzene rings is 2. The van der Waals surface area contributed by atoms with E-state index in [2.05, 4.69) is 43.1 Å². The first kappa shape index (κ1) is 34.4. The van der Waals surface area contributed by atoms with Crippen LogP contribution in [0.25, 0.3) is 0 Å². The number of anilines is 1. The summed E-state index contributed by atoms with van der Waals surface area (Å²) in [5.74, 6) is 5.15. The molecule has 11 nitrogen and oxygen atoms in total. The van der Waals surface area contributed by atoms with Crippen molar-refractivity contribution in [1.29, 1.82) is 0 Å². The van der Waals surface area contributed by atoms with E-state index in [-0.39, 0.29) is 45.9 Å². The second kappa shape index (κ2) is 13.6. The van der Waals surface area contributed by atoms with Gasteiger partial charge in [0.05, 0.1) is 25.2 Å². The Bertz CT molecular complexity index is 2030. The molecule has 2 N–H and O–H groups in total. The van der Waals surface area contributed by atoms with Gasteiger partial charge in [0, 0.05) is 54.7 Å². The van der Waals surface area contributed by atoms with E-state index in [1.807, 2.05) is 13.0 Å². The lowest BCUT2D eigenvalue weighted by atomic mass is 9.68. The van der Waals surface area contributed by atoms with Gasteiger partial charge in [0.1, 0.15) is 27.3 Å². The van der Waals surface area contributed by atoms with Gasteiger partial charge in [0.2, 0.25) is 5.88 Å². The Labute approximate surface area is 298 Å². The van der Waals surface area contributed by atoms with Crippen LogP contribution in [0.2, 0.25) is 5.02 Å². The molecule has 2 aromatic carbocycles. The molecule has 264 valence electrons. The molecule has 2 aliphatic carbocycles. The first-order valence-corrected chi connectivity index (χ1v) is 19.2. The van der Waals surface area contributed by atoms with Crippen molar-refractivity contribution in [3.05, 3.63) is 69.9 Å². The summed E-state index contributed by atoms with van der Waals surface area (Å²) in [5, 5.41) is 16.1. The van der Waals surface area contributed by atoms with E-state index in [4.69, 9.17) is 21.1 Å². The molecule has 2 aliphatic heterocycles. The Balaban J connectivity index is 1.30. The van der Waals surface area contributed by atoms with Crippen LogP contribution in [0.5, 0.6) is 11.6 Å². The number of aliphatic hydroxyl groups is 1. The molecule has 3 heterocycles. The number of aliphatic hydroxyl groups excluding tert-OH is 1. The van der Waals surface area contributed by atoms with Crippen LogP contribution in [0, 0.1) is 29.6 Å². The van der Waals surface area contributed by atoms with Gasteiger partial charge in [0.25, 0.3) is 11.8 Å². The van der Waals surface area contributed by atoms with Gasteiger partial charge in [-0.15, -0.1) is 15.4 Å². The minimum absolute atomic E-state index is 0.00419. The number of aromatic nitrogens is 2. The van der Waals surface area contributed by atoms with Crippen LogP contribution in [0.3, 0.4) is 0 Å². The summed E-state index contributed by atoms with van der Waals surface area (Å²) in [7, 11) is -0.633. The molecule has 4 aliphatic rings. The fraction of sp³-hybridized carbons (Fsp3) is 0.486. The van der Waals surface area contributed by atoms with Crippen molar-refractivity contribution in [1.82, 2.24) is 14.5 Å². The highest BCUT2D eigenvalue weighted by molar-refractivity contribution is 7.92. The lowest BCUT2D eigenvalue weighted by Crippen LogP contribution is -2.49. The molecule has 3 aromatic rings. The van der Waals surface area contributed by atoms with E-state index in [0.717, 1.165) is 37.8 Å². The lowest BCUT2D eigenvalue weighted by Gasteiger charge is -2.45. The number of carbonyl (C=O) groups excluding carboxylic acids is 2. The summed E-state index contributed by atoms with van der Waals surface area (Å²) in [6.45, 7) is 3.58. The standard InChI is InChI=1S/C37H42ClN5O6S/c1-23-6-4-8-32(44)28-12-9-26(28)18-43-21-37(15-5-7-24-16-27(38)11-13-30(24)37)22-49-33-14-10-25(17-31(33)43)34(45)40-50(47,20-23)41-35(46)29-19-42(2)39-36(29)48-3/h10-11,13-14,16-17,19,23,26,28,32,44H,5-7,9,12,15,18,20-22H2,1-3H3,(H,40,41,45,46,47)/t23-,26-,28+,32+,37-,50-/m0/s1. The molecule has 1 fully saturated rings. The maximum absolute atomic E-state index is 14.5.